The lowest BCUT2D eigenvalue weighted by atomic mass is 9.85. The fraction of sp³-hybridized carbons (Fsp3) is 0.417. The number of benzene rings is 2. The Balaban J connectivity index is 1.34. The number of carbonyl (C=O) groups is 2. The molecule has 2 amide bonds. The van der Waals surface area contributed by atoms with Gasteiger partial charge in [0.2, 0.25) is 11.8 Å². The molecule has 1 aliphatic carbocycles. The van der Waals surface area contributed by atoms with Crippen LogP contribution in [0.15, 0.2) is 53.4 Å². The molecular formula is C24H28N2O2S. The van der Waals surface area contributed by atoms with Gasteiger partial charge in [-0.2, -0.15) is 0 Å². The largest absolute Gasteiger partial charge is 0.353 e. The Kier molecular flexibility index (Phi) is 5.95. The van der Waals surface area contributed by atoms with Crippen molar-refractivity contribution in [1.82, 2.24) is 10.6 Å². The van der Waals surface area contributed by atoms with Crippen LogP contribution in [0, 0.1) is 0 Å². The highest BCUT2D eigenvalue weighted by Crippen LogP contribution is 2.30. The zero-order valence-electron chi connectivity index (χ0n) is 16.9. The maximum Gasteiger partial charge on any atom is 0.220 e. The second kappa shape index (κ2) is 8.62. The summed E-state index contributed by atoms with van der Waals surface area (Å²) < 4.78 is 0. The van der Waals surface area contributed by atoms with E-state index in [-0.39, 0.29) is 23.4 Å². The van der Waals surface area contributed by atoms with Crippen LogP contribution < -0.4 is 10.6 Å². The van der Waals surface area contributed by atoms with Crippen molar-refractivity contribution in [2.24, 2.45) is 0 Å². The number of hydrogen-bond acceptors (Lipinski definition) is 3. The fourth-order valence-corrected chi connectivity index (χ4v) is 5.04. The van der Waals surface area contributed by atoms with Crippen LogP contribution in [0.2, 0.25) is 0 Å². The molecular weight excluding hydrogens is 380 g/mol. The van der Waals surface area contributed by atoms with Gasteiger partial charge in [-0.05, 0) is 67.2 Å². The van der Waals surface area contributed by atoms with E-state index in [9.17, 15) is 9.59 Å². The van der Waals surface area contributed by atoms with Crippen LogP contribution in [0.4, 0.5) is 0 Å². The molecule has 152 valence electrons. The monoisotopic (exact) mass is 408 g/mol. The maximum absolute atomic E-state index is 12.6. The van der Waals surface area contributed by atoms with E-state index in [0.29, 0.717) is 19.3 Å². The van der Waals surface area contributed by atoms with Gasteiger partial charge in [0.05, 0.1) is 0 Å². The molecule has 1 fully saturated rings. The molecule has 1 heterocycles. The summed E-state index contributed by atoms with van der Waals surface area (Å²) in [5.41, 5.74) is 3.57. The average Bonchev–Trinajstić information content (AvgIpc) is 3.30. The van der Waals surface area contributed by atoms with Crippen LogP contribution in [0.5, 0.6) is 0 Å². The minimum absolute atomic E-state index is 0.0843. The molecule has 2 aliphatic rings. The van der Waals surface area contributed by atoms with E-state index in [1.54, 1.807) is 11.8 Å². The quantitative estimate of drug-likeness (QED) is 0.688. The predicted molar refractivity (Wildman–Crippen MR) is 117 cm³/mol. The van der Waals surface area contributed by atoms with E-state index in [1.165, 1.54) is 21.6 Å². The number of hydrogen-bond donors (Lipinski definition) is 2. The Morgan fingerprint density at radius 3 is 2.41 bits per heavy atom. The van der Waals surface area contributed by atoms with Crippen LogP contribution in [0.25, 0.3) is 0 Å². The van der Waals surface area contributed by atoms with Crippen molar-refractivity contribution >= 4 is 23.6 Å². The van der Waals surface area contributed by atoms with Crippen molar-refractivity contribution < 1.29 is 9.59 Å². The van der Waals surface area contributed by atoms with Crippen LogP contribution in [0.1, 0.15) is 42.4 Å². The van der Waals surface area contributed by atoms with Crippen LogP contribution >= 0.6 is 11.8 Å². The molecule has 0 saturated carbocycles. The van der Waals surface area contributed by atoms with Gasteiger partial charge in [0.1, 0.15) is 0 Å². The smallest absolute Gasteiger partial charge is 0.220 e. The lowest BCUT2D eigenvalue weighted by molar-refractivity contribution is -0.123. The van der Waals surface area contributed by atoms with Crippen LogP contribution in [-0.4, -0.2) is 29.7 Å². The standard InChI is InChI=1S/C24H28N2O2S/c1-29-21-8-6-17(7-9-21)16-24(13-11-23(28)26-24)12-10-22(27)25-20-14-18-4-2-3-5-19(18)15-20/h2-9,20H,10-16H2,1H3,(H,25,27)(H,26,28)/t24-/m1/s1. The molecule has 1 aliphatic heterocycles. The topological polar surface area (TPSA) is 58.2 Å². The first-order valence-electron chi connectivity index (χ1n) is 10.4. The van der Waals surface area contributed by atoms with Crippen LogP contribution in [-0.2, 0) is 28.9 Å². The molecule has 4 rings (SSSR count). The normalized spacial score (nSPS) is 21.1. The molecule has 0 bridgehead atoms. The molecule has 2 aromatic rings. The Hall–Kier alpha value is -2.27. The SMILES string of the molecule is CSc1ccc(C[C@@]2(CCC(=O)NC3Cc4ccccc4C3)CCC(=O)N2)cc1. The summed E-state index contributed by atoms with van der Waals surface area (Å²) in [4.78, 5) is 25.9. The van der Waals surface area contributed by atoms with E-state index in [0.717, 1.165) is 25.7 Å². The molecule has 29 heavy (non-hydrogen) atoms. The highest BCUT2D eigenvalue weighted by atomic mass is 32.2. The molecule has 0 spiro atoms. The number of carbonyl (C=O) groups excluding carboxylic acids is 2. The van der Waals surface area contributed by atoms with E-state index in [1.807, 2.05) is 0 Å². The van der Waals surface area contributed by atoms with Gasteiger partial charge in [-0.25, -0.2) is 0 Å². The number of thioether (sulfide) groups is 1. The van der Waals surface area contributed by atoms with Crippen molar-refractivity contribution in [1.29, 1.82) is 0 Å². The molecule has 0 radical (unpaired) electrons. The van der Waals surface area contributed by atoms with Gasteiger partial charge < -0.3 is 10.6 Å². The zero-order chi connectivity index (χ0) is 20.3. The number of rotatable bonds is 7. The minimum atomic E-state index is -0.312. The Labute approximate surface area is 176 Å². The number of amides is 2. The first-order valence-corrected chi connectivity index (χ1v) is 11.6. The fourth-order valence-electron chi connectivity index (χ4n) is 4.63. The van der Waals surface area contributed by atoms with Crippen molar-refractivity contribution in [3.63, 3.8) is 0 Å². The second-order valence-corrected chi connectivity index (χ2v) is 9.17. The molecule has 1 saturated heterocycles. The molecule has 0 aromatic heterocycles. The molecule has 4 nitrogen and oxygen atoms in total. The minimum Gasteiger partial charge on any atom is -0.353 e. The molecule has 5 heteroatoms. The third-order valence-electron chi connectivity index (χ3n) is 6.18. The van der Waals surface area contributed by atoms with Gasteiger partial charge in [-0.1, -0.05) is 36.4 Å². The van der Waals surface area contributed by atoms with Crippen molar-refractivity contribution in [2.45, 2.75) is 61.4 Å². The Morgan fingerprint density at radius 2 is 1.83 bits per heavy atom. The molecule has 2 N–H and O–H groups in total. The molecule has 1 atom stereocenters. The highest BCUT2D eigenvalue weighted by molar-refractivity contribution is 7.98. The summed E-state index contributed by atoms with van der Waals surface area (Å²) in [6.45, 7) is 0. The van der Waals surface area contributed by atoms with Crippen molar-refractivity contribution in [3.8, 4) is 0 Å². The van der Waals surface area contributed by atoms with Gasteiger partial charge in [0.15, 0.2) is 0 Å². The second-order valence-electron chi connectivity index (χ2n) is 8.29. The summed E-state index contributed by atoms with van der Waals surface area (Å²) in [7, 11) is 0. The molecule has 2 aromatic carbocycles. The van der Waals surface area contributed by atoms with Gasteiger partial charge in [0.25, 0.3) is 0 Å². The number of fused-ring (bicyclic) bond motifs is 1. The van der Waals surface area contributed by atoms with Crippen molar-refractivity contribution in [2.75, 3.05) is 6.26 Å². The summed E-state index contributed by atoms with van der Waals surface area (Å²) >= 11 is 1.72. The van der Waals surface area contributed by atoms with Gasteiger partial charge >= 0.3 is 0 Å². The summed E-state index contributed by atoms with van der Waals surface area (Å²) in [5, 5.41) is 6.39. The molecule has 0 unspecified atom stereocenters. The first kappa shape index (κ1) is 20.0. The van der Waals surface area contributed by atoms with Crippen LogP contribution in [0.3, 0.4) is 0 Å². The average molecular weight is 409 g/mol. The summed E-state index contributed by atoms with van der Waals surface area (Å²) in [6.07, 6.45) is 7.10. The highest BCUT2D eigenvalue weighted by Gasteiger charge is 2.38. The van der Waals surface area contributed by atoms with Gasteiger partial charge in [-0.3, -0.25) is 9.59 Å². The number of nitrogens with one attached hydrogen (secondary N) is 2. The van der Waals surface area contributed by atoms with Crippen molar-refractivity contribution in [3.05, 3.63) is 65.2 Å². The zero-order valence-corrected chi connectivity index (χ0v) is 17.7. The summed E-state index contributed by atoms with van der Waals surface area (Å²) in [6, 6.07) is 17.1. The van der Waals surface area contributed by atoms with E-state index >= 15 is 0 Å². The lowest BCUT2D eigenvalue weighted by Crippen LogP contribution is -2.45. The third kappa shape index (κ3) is 4.84. The third-order valence-corrected chi connectivity index (χ3v) is 6.93. The first-order chi connectivity index (χ1) is 14.0. The lowest BCUT2D eigenvalue weighted by Gasteiger charge is -2.29. The van der Waals surface area contributed by atoms with Gasteiger partial charge in [0, 0.05) is 29.3 Å². The van der Waals surface area contributed by atoms with E-state index < -0.39 is 0 Å². The Morgan fingerprint density at radius 1 is 1.14 bits per heavy atom. The van der Waals surface area contributed by atoms with Gasteiger partial charge in [-0.15, -0.1) is 11.8 Å². The Bertz CT molecular complexity index is 871. The predicted octanol–water partition coefficient (Wildman–Crippen LogP) is 3.66. The van der Waals surface area contributed by atoms with E-state index in [2.05, 4.69) is 65.4 Å². The summed E-state index contributed by atoms with van der Waals surface area (Å²) in [5.74, 6) is 0.179. The maximum atomic E-state index is 12.6. The van der Waals surface area contributed by atoms with E-state index in [4.69, 9.17) is 0 Å².